The number of ketones is 2. The lowest BCUT2D eigenvalue weighted by molar-refractivity contribution is -0.181. The molecule has 4 rings (SSSR count). The van der Waals surface area contributed by atoms with Crippen LogP contribution < -0.4 is 0 Å². The SMILES string of the molecule is C=C1C[C@H]2[C@@H](CC[C@@]3(C)[C@@H]2CC(=C)[C@]3(OC(C)=O)C(C)=O)[C@@]2(C)CCC(=O)C=C12. The van der Waals surface area contributed by atoms with Crippen molar-refractivity contribution < 1.29 is 19.1 Å². The van der Waals surface area contributed by atoms with E-state index >= 15 is 0 Å². The summed E-state index contributed by atoms with van der Waals surface area (Å²) in [5.74, 6) is 0.665. The zero-order chi connectivity index (χ0) is 21.4. The topological polar surface area (TPSA) is 60.4 Å². The zero-order valence-electron chi connectivity index (χ0n) is 18.1. The van der Waals surface area contributed by atoms with Gasteiger partial charge in [-0.2, -0.15) is 0 Å². The van der Waals surface area contributed by atoms with Crippen LogP contribution in [-0.4, -0.2) is 23.1 Å². The van der Waals surface area contributed by atoms with Gasteiger partial charge in [-0.1, -0.05) is 32.6 Å². The van der Waals surface area contributed by atoms with E-state index in [2.05, 4.69) is 27.0 Å². The fourth-order valence-electron chi connectivity index (χ4n) is 7.64. The van der Waals surface area contributed by atoms with Crippen LogP contribution in [0.3, 0.4) is 0 Å². The van der Waals surface area contributed by atoms with Gasteiger partial charge >= 0.3 is 5.97 Å². The Balaban J connectivity index is 1.79. The first kappa shape index (κ1) is 20.3. The Kier molecular flexibility index (Phi) is 4.39. The molecule has 0 amide bonds. The van der Waals surface area contributed by atoms with Crippen molar-refractivity contribution in [2.45, 2.75) is 71.8 Å². The molecule has 156 valence electrons. The van der Waals surface area contributed by atoms with Crippen LogP contribution in [0.25, 0.3) is 0 Å². The Morgan fingerprint density at radius 2 is 1.79 bits per heavy atom. The average Bonchev–Trinajstić information content (AvgIpc) is 2.85. The van der Waals surface area contributed by atoms with E-state index in [-0.39, 0.29) is 22.9 Å². The Bertz CT molecular complexity index is 879. The van der Waals surface area contributed by atoms with Crippen molar-refractivity contribution in [1.82, 2.24) is 0 Å². The largest absolute Gasteiger partial charge is 0.446 e. The molecule has 6 atom stereocenters. The number of fused-ring (bicyclic) bond motifs is 5. The minimum atomic E-state index is -1.23. The van der Waals surface area contributed by atoms with Gasteiger partial charge in [-0.25, -0.2) is 0 Å². The first-order valence-corrected chi connectivity index (χ1v) is 10.8. The second kappa shape index (κ2) is 6.26. The van der Waals surface area contributed by atoms with Crippen molar-refractivity contribution in [1.29, 1.82) is 0 Å². The van der Waals surface area contributed by atoms with Crippen molar-refractivity contribution >= 4 is 17.5 Å². The summed E-state index contributed by atoms with van der Waals surface area (Å²) in [6.07, 6.45) is 6.60. The molecule has 4 aliphatic rings. The standard InChI is InChI=1S/C25H32O4/c1-14-11-19-20(23(5)9-7-18(28)13-21(14)23)8-10-24(6)22(19)12-15(2)25(24,16(3)26)29-17(4)27/h13,19-20,22H,1-2,7-12H2,3-6H3/t19-,20+,22+,23+,24-,25-/m0/s1. The summed E-state index contributed by atoms with van der Waals surface area (Å²) >= 11 is 0. The van der Waals surface area contributed by atoms with Crippen LogP contribution in [0.2, 0.25) is 0 Å². The van der Waals surface area contributed by atoms with E-state index in [4.69, 9.17) is 4.74 Å². The van der Waals surface area contributed by atoms with E-state index in [0.29, 0.717) is 24.7 Å². The number of hydrogen-bond acceptors (Lipinski definition) is 4. The highest BCUT2D eigenvalue weighted by molar-refractivity contribution is 5.93. The third kappa shape index (κ3) is 2.47. The molecule has 3 saturated carbocycles. The predicted molar refractivity (Wildman–Crippen MR) is 111 cm³/mol. The third-order valence-corrected chi connectivity index (χ3v) is 8.88. The molecule has 0 N–H and O–H groups in total. The van der Waals surface area contributed by atoms with E-state index < -0.39 is 17.0 Å². The number of hydrogen-bond donors (Lipinski definition) is 0. The molecule has 0 unspecified atom stereocenters. The molecule has 0 radical (unpaired) electrons. The Labute approximate surface area is 173 Å². The van der Waals surface area contributed by atoms with Gasteiger partial charge in [0.1, 0.15) is 0 Å². The molecule has 3 fully saturated rings. The lowest BCUT2D eigenvalue weighted by Gasteiger charge is -2.59. The summed E-state index contributed by atoms with van der Waals surface area (Å²) in [7, 11) is 0. The Hall–Kier alpha value is -1.97. The smallest absolute Gasteiger partial charge is 0.303 e. The Morgan fingerprint density at radius 3 is 2.41 bits per heavy atom. The van der Waals surface area contributed by atoms with Crippen LogP contribution in [0, 0.1) is 28.6 Å². The molecule has 4 nitrogen and oxygen atoms in total. The first-order chi connectivity index (χ1) is 13.5. The number of carbonyl (C=O) groups is 3. The number of carbonyl (C=O) groups excluding carboxylic acids is 3. The second-order valence-electron chi connectivity index (χ2n) is 10.2. The summed E-state index contributed by atoms with van der Waals surface area (Å²) in [5, 5.41) is 0. The molecule has 0 bridgehead atoms. The molecule has 0 spiro atoms. The van der Waals surface area contributed by atoms with Crippen molar-refractivity contribution in [2.75, 3.05) is 0 Å². The first-order valence-electron chi connectivity index (χ1n) is 10.8. The van der Waals surface area contributed by atoms with E-state index in [1.807, 2.05) is 6.08 Å². The third-order valence-electron chi connectivity index (χ3n) is 8.88. The van der Waals surface area contributed by atoms with E-state index in [1.165, 1.54) is 13.8 Å². The Morgan fingerprint density at radius 1 is 1.10 bits per heavy atom. The van der Waals surface area contributed by atoms with Crippen LogP contribution in [0.1, 0.15) is 66.2 Å². The minimum absolute atomic E-state index is 0.0422. The maximum Gasteiger partial charge on any atom is 0.303 e. The highest BCUT2D eigenvalue weighted by atomic mass is 16.6. The molecule has 0 aliphatic heterocycles. The summed E-state index contributed by atoms with van der Waals surface area (Å²) in [6, 6.07) is 0. The molecule has 0 aromatic carbocycles. The average molecular weight is 397 g/mol. The number of Topliss-reactive ketones (excluding diaryl/α,β-unsaturated/α-hetero) is 1. The number of esters is 1. The van der Waals surface area contributed by atoms with Gasteiger partial charge in [-0.05, 0) is 79.4 Å². The van der Waals surface area contributed by atoms with Gasteiger partial charge in [0.05, 0.1) is 0 Å². The fourth-order valence-corrected chi connectivity index (χ4v) is 7.64. The highest BCUT2D eigenvalue weighted by Gasteiger charge is 2.69. The van der Waals surface area contributed by atoms with Gasteiger partial charge in [-0.3, -0.25) is 14.4 Å². The van der Waals surface area contributed by atoms with E-state index in [1.54, 1.807) is 0 Å². The summed E-state index contributed by atoms with van der Waals surface area (Å²) < 4.78 is 5.83. The fraction of sp³-hybridized carbons (Fsp3) is 0.640. The summed E-state index contributed by atoms with van der Waals surface area (Å²) in [6.45, 7) is 15.9. The van der Waals surface area contributed by atoms with E-state index in [0.717, 1.165) is 42.4 Å². The quantitative estimate of drug-likeness (QED) is 0.500. The zero-order valence-corrected chi connectivity index (χ0v) is 18.1. The lowest BCUT2D eigenvalue weighted by Crippen LogP contribution is -2.59. The molecular weight excluding hydrogens is 364 g/mol. The minimum Gasteiger partial charge on any atom is -0.446 e. The molecule has 0 aromatic heterocycles. The predicted octanol–water partition coefficient (Wildman–Crippen LogP) is 4.74. The summed E-state index contributed by atoms with van der Waals surface area (Å²) in [5.41, 5.74) is 1.22. The lowest BCUT2D eigenvalue weighted by atomic mass is 9.45. The number of allylic oxidation sites excluding steroid dienone is 2. The molecule has 0 aromatic rings. The molecule has 0 heterocycles. The van der Waals surface area contributed by atoms with Gasteiger partial charge in [0.15, 0.2) is 17.2 Å². The number of ether oxygens (including phenoxy) is 1. The molecule has 4 aliphatic carbocycles. The monoisotopic (exact) mass is 396 g/mol. The highest BCUT2D eigenvalue weighted by Crippen LogP contribution is 2.69. The van der Waals surface area contributed by atoms with Crippen molar-refractivity contribution in [3.63, 3.8) is 0 Å². The van der Waals surface area contributed by atoms with Gasteiger partial charge in [0, 0.05) is 18.8 Å². The molecule has 4 heteroatoms. The van der Waals surface area contributed by atoms with Crippen molar-refractivity contribution in [2.24, 2.45) is 28.6 Å². The van der Waals surface area contributed by atoms with E-state index in [9.17, 15) is 14.4 Å². The van der Waals surface area contributed by atoms with Gasteiger partial charge in [0.2, 0.25) is 0 Å². The van der Waals surface area contributed by atoms with Crippen molar-refractivity contribution in [3.05, 3.63) is 36.0 Å². The normalized spacial score (nSPS) is 43.8. The maximum atomic E-state index is 12.9. The molecule has 0 saturated heterocycles. The van der Waals surface area contributed by atoms with Crippen LogP contribution in [-0.2, 0) is 19.1 Å². The van der Waals surface area contributed by atoms with Gasteiger partial charge in [0.25, 0.3) is 0 Å². The van der Waals surface area contributed by atoms with Crippen LogP contribution in [0.15, 0.2) is 36.0 Å². The van der Waals surface area contributed by atoms with Crippen molar-refractivity contribution in [3.8, 4) is 0 Å². The van der Waals surface area contributed by atoms with Crippen LogP contribution >= 0.6 is 0 Å². The van der Waals surface area contributed by atoms with Crippen LogP contribution in [0.5, 0.6) is 0 Å². The van der Waals surface area contributed by atoms with Crippen LogP contribution in [0.4, 0.5) is 0 Å². The number of rotatable bonds is 2. The molecule has 29 heavy (non-hydrogen) atoms. The van der Waals surface area contributed by atoms with Gasteiger partial charge in [-0.15, -0.1) is 0 Å². The molecular formula is C25H32O4. The second-order valence-corrected chi connectivity index (χ2v) is 10.2. The maximum absolute atomic E-state index is 12.9. The van der Waals surface area contributed by atoms with Gasteiger partial charge < -0.3 is 4.74 Å². The summed E-state index contributed by atoms with van der Waals surface area (Å²) in [4.78, 5) is 37.0.